The number of anilines is 3. The van der Waals surface area contributed by atoms with E-state index in [4.69, 9.17) is 0 Å². The van der Waals surface area contributed by atoms with Gasteiger partial charge in [0, 0.05) is 41.3 Å². The number of aromatic amines is 1. The molecule has 1 aromatic heterocycles. The molecule has 0 unspecified atom stereocenters. The number of para-hydroxylation sites is 1. The molecule has 1 aliphatic carbocycles. The van der Waals surface area contributed by atoms with Gasteiger partial charge in [-0.3, -0.25) is 9.59 Å². The van der Waals surface area contributed by atoms with Gasteiger partial charge in [-0.2, -0.15) is 0 Å². The van der Waals surface area contributed by atoms with Crippen molar-refractivity contribution < 1.29 is 9.59 Å². The zero-order valence-electron chi connectivity index (χ0n) is 16.4. The molecule has 5 heteroatoms. The highest BCUT2D eigenvalue weighted by molar-refractivity contribution is 6.08. The lowest BCUT2D eigenvalue weighted by Crippen LogP contribution is -2.15. The molecule has 2 heterocycles. The molecule has 1 amide bonds. The first-order valence-corrected chi connectivity index (χ1v) is 10.1. The summed E-state index contributed by atoms with van der Waals surface area (Å²) in [6.07, 6.45) is 3.27. The van der Waals surface area contributed by atoms with Crippen LogP contribution in [0, 0.1) is 6.92 Å². The molecule has 0 fully saturated rings. The number of nitrogens with one attached hydrogen (secondary N) is 2. The molecule has 0 radical (unpaired) electrons. The predicted octanol–water partition coefficient (Wildman–Crippen LogP) is 4.79. The number of aryl methyl sites for hydroxylation is 1. The number of nitrogens with zero attached hydrogens (tertiary/aromatic N) is 1. The summed E-state index contributed by atoms with van der Waals surface area (Å²) < 4.78 is 0. The standard InChI is InChI=1S/C24H23N3O2/c1-15-22-19(6-4-8-21(22)28)26-23(15)24(29)25-17-9-11-18(12-10-17)27-14-13-16-5-2-3-7-20(16)27/h2-3,5,7,9-12,26H,4,6,8,13-14H2,1H3,(H,25,29). The van der Waals surface area contributed by atoms with E-state index >= 15 is 0 Å². The molecule has 0 saturated carbocycles. The van der Waals surface area contributed by atoms with Gasteiger partial charge in [0.05, 0.1) is 0 Å². The fourth-order valence-corrected chi connectivity index (χ4v) is 4.53. The van der Waals surface area contributed by atoms with Crippen LogP contribution in [-0.2, 0) is 12.8 Å². The summed E-state index contributed by atoms with van der Waals surface area (Å²) in [7, 11) is 0. The van der Waals surface area contributed by atoms with Crippen LogP contribution >= 0.6 is 0 Å². The average Bonchev–Trinajstić information content (AvgIpc) is 3.31. The van der Waals surface area contributed by atoms with Crippen molar-refractivity contribution in [3.8, 4) is 0 Å². The summed E-state index contributed by atoms with van der Waals surface area (Å²) in [5.74, 6) is -0.0711. The topological polar surface area (TPSA) is 65.2 Å². The summed E-state index contributed by atoms with van der Waals surface area (Å²) >= 11 is 0. The van der Waals surface area contributed by atoms with Crippen LogP contribution in [0.3, 0.4) is 0 Å². The van der Waals surface area contributed by atoms with Crippen LogP contribution in [0.15, 0.2) is 48.5 Å². The SMILES string of the molecule is Cc1c(C(=O)Nc2ccc(N3CCc4ccccc43)cc2)[nH]c2c1C(=O)CCC2. The van der Waals surface area contributed by atoms with Gasteiger partial charge in [-0.25, -0.2) is 0 Å². The first kappa shape index (κ1) is 17.7. The number of hydrogen-bond donors (Lipinski definition) is 2. The predicted molar refractivity (Wildman–Crippen MR) is 114 cm³/mol. The third-order valence-electron chi connectivity index (χ3n) is 5.99. The first-order valence-electron chi connectivity index (χ1n) is 10.1. The highest BCUT2D eigenvalue weighted by atomic mass is 16.2. The zero-order chi connectivity index (χ0) is 20.0. The molecule has 2 N–H and O–H groups in total. The summed E-state index contributed by atoms with van der Waals surface area (Å²) in [6, 6.07) is 16.4. The van der Waals surface area contributed by atoms with E-state index in [0.717, 1.165) is 48.4 Å². The maximum atomic E-state index is 12.8. The van der Waals surface area contributed by atoms with Crippen LogP contribution in [0.2, 0.25) is 0 Å². The van der Waals surface area contributed by atoms with Crippen LogP contribution in [-0.4, -0.2) is 23.2 Å². The van der Waals surface area contributed by atoms with Crippen molar-refractivity contribution >= 4 is 28.8 Å². The monoisotopic (exact) mass is 385 g/mol. The van der Waals surface area contributed by atoms with E-state index in [-0.39, 0.29) is 11.7 Å². The molecule has 0 bridgehead atoms. The van der Waals surface area contributed by atoms with E-state index in [1.165, 1.54) is 11.3 Å². The van der Waals surface area contributed by atoms with Gasteiger partial charge in [0.1, 0.15) is 5.69 Å². The van der Waals surface area contributed by atoms with Crippen LogP contribution in [0.4, 0.5) is 17.1 Å². The lowest BCUT2D eigenvalue weighted by molar-refractivity contribution is 0.0971. The minimum atomic E-state index is -0.205. The van der Waals surface area contributed by atoms with Crippen molar-refractivity contribution in [1.29, 1.82) is 0 Å². The van der Waals surface area contributed by atoms with E-state index in [1.807, 2.05) is 31.2 Å². The minimum absolute atomic E-state index is 0.134. The molecule has 2 aliphatic rings. The van der Waals surface area contributed by atoms with Gasteiger partial charge in [-0.15, -0.1) is 0 Å². The zero-order valence-corrected chi connectivity index (χ0v) is 16.4. The Balaban J connectivity index is 1.35. The number of rotatable bonds is 3. The van der Waals surface area contributed by atoms with Crippen LogP contribution < -0.4 is 10.2 Å². The second-order valence-corrected chi connectivity index (χ2v) is 7.79. The highest BCUT2D eigenvalue weighted by Gasteiger charge is 2.26. The molecule has 5 rings (SSSR count). The fourth-order valence-electron chi connectivity index (χ4n) is 4.53. The lowest BCUT2D eigenvalue weighted by Gasteiger charge is -2.20. The van der Waals surface area contributed by atoms with Gasteiger partial charge in [-0.1, -0.05) is 18.2 Å². The Morgan fingerprint density at radius 2 is 1.83 bits per heavy atom. The molecule has 146 valence electrons. The molecule has 3 aromatic rings. The number of benzene rings is 2. The molecule has 0 saturated heterocycles. The van der Waals surface area contributed by atoms with Gasteiger partial charge in [-0.05, 0) is 67.6 Å². The quantitative estimate of drug-likeness (QED) is 0.681. The molecule has 2 aromatic carbocycles. The molecule has 0 atom stereocenters. The van der Waals surface area contributed by atoms with Crippen LogP contribution in [0.5, 0.6) is 0 Å². The van der Waals surface area contributed by atoms with E-state index in [2.05, 4.69) is 39.5 Å². The number of carbonyl (C=O) groups is 2. The summed E-state index contributed by atoms with van der Waals surface area (Å²) in [4.78, 5) is 30.5. The number of fused-ring (bicyclic) bond motifs is 2. The Kier molecular flexibility index (Phi) is 4.23. The van der Waals surface area contributed by atoms with Crippen molar-refractivity contribution in [2.24, 2.45) is 0 Å². The van der Waals surface area contributed by atoms with Crippen molar-refractivity contribution in [3.63, 3.8) is 0 Å². The number of aromatic nitrogens is 1. The number of hydrogen-bond acceptors (Lipinski definition) is 3. The Hall–Kier alpha value is -3.34. The largest absolute Gasteiger partial charge is 0.354 e. The van der Waals surface area contributed by atoms with E-state index in [1.54, 1.807) is 0 Å². The number of H-pyrrole nitrogens is 1. The second-order valence-electron chi connectivity index (χ2n) is 7.79. The van der Waals surface area contributed by atoms with E-state index < -0.39 is 0 Å². The average molecular weight is 385 g/mol. The van der Waals surface area contributed by atoms with Crippen molar-refractivity contribution in [2.75, 3.05) is 16.8 Å². The molecule has 1 aliphatic heterocycles. The summed E-state index contributed by atoms with van der Waals surface area (Å²) in [5.41, 5.74) is 7.33. The normalized spacial score (nSPS) is 15.2. The van der Waals surface area contributed by atoms with E-state index in [0.29, 0.717) is 17.7 Å². The van der Waals surface area contributed by atoms with Gasteiger partial charge in [0.15, 0.2) is 5.78 Å². The van der Waals surface area contributed by atoms with Gasteiger partial charge >= 0.3 is 0 Å². The summed E-state index contributed by atoms with van der Waals surface area (Å²) in [6.45, 7) is 2.81. The maximum Gasteiger partial charge on any atom is 0.272 e. The molecule has 5 nitrogen and oxygen atoms in total. The van der Waals surface area contributed by atoms with Gasteiger partial charge < -0.3 is 15.2 Å². The third kappa shape index (κ3) is 3.03. The first-order chi connectivity index (χ1) is 14.1. The Labute approximate surface area is 169 Å². The minimum Gasteiger partial charge on any atom is -0.354 e. The van der Waals surface area contributed by atoms with Crippen LogP contribution in [0.25, 0.3) is 0 Å². The lowest BCUT2D eigenvalue weighted by atomic mass is 9.94. The smallest absolute Gasteiger partial charge is 0.272 e. The third-order valence-corrected chi connectivity index (χ3v) is 5.99. The number of carbonyl (C=O) groups excluding carboxylic acids is 2. The number of ketones is 1. The molecular formula is C24H23N3O2. The number of amides is 1. The maximum absolute atomic E-state index is 12.8. The van der Waals surface area contributed by atoms with Gasteiger partial charge in [0.25, 0.3) is 5.91 Å². The molecular weight excluding hydrogens is 362 g/mol. The Bertz CT molecular complexity index is 1110. The van der Waals surface area contributed by atoms with Crippen molar-refractivity contribution in [1.82, 2.24) is 4.98 Å². The van der Waals surface area contributed by atoms with E-state index in [9.17, 15) is 9.59 Å². The Morgan fingerprint density at radius 3 is 2.62 bits per heavy atom. The van der Waals surface area contributed by atoms with Crippen molar-refractivity contribution in [2.45, 2.75) is 32.6 Å². The fraction of sp³-hybridized carbons (Fsp3) is 0.250. The highest BCUT2D eigenvalue weighted by Crippen LogP contribution is 2.34. The summed E-state index contributed by atoms with van der Waals surface area (Å²) in [5, 5.41) is 2.96. The van der Waals surface area contributed by atoms with Crippen LogP contribution in [0.1, 0.15) is 50.5 Å². The second kappa shape index (κ2) is 6.92. The molecule has 0 spiro atoms. The number of Topliss-reactive ketones (excluding diaryl/α,β-unsaturated/α-hetero) is 1. The Morgan fingerprint density at radius 1 is 1.03 bits per heavy atom. The van der Waals surface area contributed by atoms with Crippen molar-refractivity contribution in [3.05, 3.63) is 76.6 Å². The van der Waals surface area contributed by atoms with Gasteiger partial charge in [0.2, 0.25) is 0 Å². The molecule has 29 heavy (non-hydrogen) atoms.